The molecule has 0 spiro atoms. The van der Waals surface area contributed by atoms with Gasteiger partial charge < -0.3 is 5.73 Å². The Morgan fingerprint density at radius 3 is 2.60 bits per heavy atom. The van der Waals surface area contributed by atoms with Gasteiger partial charge in [0.2, 0.25) is 0 Å². The summed E-state index contributed by atoms with van der Waals surface area (Å²) in [6.45, 7) is 3.30. The number of Topliss-reactive ketones (excluding diaryl/α,β-unsaturated/α-hetero) is 1. The number of hydrogen-bond donors (Lipinski definition) is 1. The highest BCUT2D eigenvalue weighted by Gasteiger charge is 2.40. The minimum atomic E-state index is -0.384. The molecule has 0 bridgehead atoms. The van der Waals surface area contributed by atoms with Crippen LogP contribution in [0.4, 0.5) is 0 Å². The first-order valence-electron chi connectivity index (χ1n) is 7.61. The van der Waals surface area contributed by atoms with E-state index in [0.717, 1.165) is 43.1 Å². The molecule has 1 aliphatic rings. The Bertz CT molecular complexity index is 462. The molecule has 0 saturated heterocycles. The van der Waals surface area contributed by atoms with Crippen LogP contribution in [-0.4, -0.2) is 22.1 Å². The van der Waals surface area contributed by atoms with Crippen LogP contribution in [0.5, 0.6) is 0 Å². The molecule has 1 aromatic heterocycles. The molecule has 2 rings (SSSR count). The van der Waals surface area contributed by atoms with Gasteiger partial charge in [0.15, 0.2) is 5.78 Å². The van der Waals surface area contributed by atoms with Crippen molar-refractivity contribution in [3.63, 3.8) is 0 Å². The van der Waals surface area contributed by atoms with Gasteiger partial charge in [-0.05, 0) is 35.2 Å². The normalized spacial score (nSPS) is 18.8. The second-order valence-electron chi connectivity index (χ2n) is 5.79. The highest BCUT2D eigenvalue weighted by atomic mass is 79.9. The molecule has 112 valence electrons. The van der Waals surface area contributed by atoms with Crippen LogP contribution in [0.2, 0.25) is 0 Å². The zero-order chi connectivity index (χ0) is 14.6. The maximum atomic E-state index is 13.1. The Kier molecular flexibility index (Phi) is 5.38. The summed E-state index contributed by atoms with van der Waals surface area (Å²) in [7, 11) is 0. The molecule has 1 aliphatic carbocycles. The molecule has 0 aromatic carbocycles. The van der Waals surface area contributed by atoms with Crippen LogP contribution < -0.4 is 5.73 Å². The van der Waals surface area contributed by atoms with Crippen molar-refractivity contribution in [2.45, 2.75) is 58.4 Å². The number of carbonyl (C=O) groups is 1. The molecule has 1 heterocycles. The smallest absolute Gasteiger partial charge is 0.189 e. The van der Waals surface area contributed by atoms with Crippen molar-refractivity contribution in [2.24, 2.45) is 11.1 Å². The predicted molar refractivity (Wildman–Crippen MR) is 83.7 cm³/mol. The topological polar surface area (TPSA) is 60.9 Å². The summed E-state index contributed by atoms with van der Waals surface area (Å²) in [5.41, 5.74) is 6.35. The third-order valence-corrected chi connectivity index (χ3v) is 4.96. The van der Waals surface area contributed by atoms with E-state index in [1.807, 2.05) is 4.68 Å². The molecule has 0 amide bonds. The van der Waals surface area contributed by atoms with Crippen molar-refractivity contribution in [3.8, 4) is 0 Å². The van der Waals surface area contributed by atoms with Crippen LogP contribution in [0.3, 0.4) is 0 Å². The molecule has 0 radical (unpaired) electrons. The van der Waals surface area contributed by atoms with E-state index in [-0.39, 0.29) is 11.2 Å². The Morgan fingerprint density at radius 1 is 1.40 bits per heavy atom. The Balaban J connectivity index is 2.34. The van der Waals surface area contributed by atoms with Crippen molar-refractivity contribution in [2.75, 3.05) is 6.54 Å². The molecule has 4 nitrogen and oxygen atoms in total. The van der Waals surface area contributed by atoms with Gasteiger partial charge >= 0.3 is 0 Å². The van der Waals surface area contributed by atoms with Crippen LogP contribution >= 0.6 is 15.9 Å². The zero-order valence-electron chi connectivity index (χ0n) is 12.2. The average molecular weight is 342 g/mol. The van der Waals surface area contributed by atoms with Gasteiger partial charge in [0.1, 0.15) is 5.69 Å². The average Bonchev–Trinajstić information content (AvgIpc) is 2.68. The summed E-state index contributed by atoms with van der Waals surface area (Å²) in [5.74, 6) is 0.180. The second kappa shape index (κ2) is 6.85. The number of nitrogens with zero attached hydrogens (tertiary/aromatic N) is 2. The first-order valence-corrected chi connectivity index (χ1v) is 8.40. The SMILES string of the molecule is CCCn1ncc(Br)c1C(=O)C1(CN)CCCCCC1. The third-order valence-electron chi connectivity index (χ3n) is 4.38. The van der Waals surface area contributed by atoms with E-state index in [1.165, 1.54) is 12.8 Å². The number of halogens is 1. The van der Waals surface area contributed by atoms with Gasteiger partial charge in [-0.3, -0.25) is 9.48 Å². The van der Waals surface area contributed by atoms with Crippen molar-refractivity contribution >= 4 is 21.7 Å². The van der Waals surface area contributed by atoms with E-state index in [4.69, 9.17) is 5.73 Å². The van der Waals surface area contributed by atoms with Crippen LogP contribution in [-0.2, 0) is 6.54 Å². The molecule has 2 N–H and O–H groups in total. The van der Waals surface area contributed by atoms with Crippen LogP contribution in [0.25, 0.3) is 0 Å². The molecule has 5 heteroatoms. The van der Waals surface area contributed by atoms with Crippen molar-refractivity contribution in [3.05, 3.63) is 16.4 Å². The number of carbonyl (C=O) groups excluding carboxylic acids is 1. The van der Waals surface area contributed by atoms with Gasteiger partial charge in [-0.1, -0.05) is 32.6 Å². The van der Waals surface area contributed by atoms with Crippen molar-refractivity contribution in [1.29, 1.82) is 0 Å². The first kappa shape index (κ1) is 15.7. The molecule has 1 fully saturated rings. The Labute approximate surface area is 129 Å². The Hall–Kier alpha value is -0.680. The van der Waals surface area contributed by atoms with E-state index in [0.29, 0.717) is 12.2 Å². The minimum Gasteiger partial charge on any atom is -0.329 e. The van der Waals surface area contributed by atoms with Gasteiger partial charge in [0.05, 0.1) is 10.7 Å². The van der Waals surface area contributed by atoms with E-state index >= 15 is 0 Å². The molecular formula is C15H24BrN3O. The van der Waals surface area contributed by atoms with Crippen molar-refractivity contribution < 1.29 is 4.79 Å². The first-order chi connectivity index (χ1) is 9.64. The summed E-state index contributed by atoms with van der Waals surface area (Å²) in [4.78, 5) is 13.1. The summed E-state index contributed by atoms with van der Waals surface area (Å²) < 4.78 is 2.63. The molecule has 0 unspecified atom stereocenters. The monoisotopic (exact) mass is 341 g/mol. The fraction of sp³-hybridized carbons (Fsp3) is 0.733. The van der Waals surface area contributed by atoms with Crippen LogP contribution in [0.15, 0.2) is 10.7 Å². The van der Waals surface area contributed by atoms with Crippen LogP contribution in [0, 0.1) is 5.41 Å². The van der Waals surface area contributed by atoms with Gasteiger partial charge in [0.25, 0.3) is 0 Å². The van der Waals surface area contributed by atoms with Gasteiger partial charge in [-0.25, -0.2) is 0 Å². The van der Waals surface area contributed by atoms with E-state index < -0.39 is 0 Å². The molecule has 20 heavy (non-hydrogen) atoms. The summed E-state index contributed by atoms with van der Waals surface area (Å²) in [6, 6.07) is 0. The van der Waals surface area contributed by atoms with E-state index in [1.54, 1.807) is 6.20 Å². The van der Waals surface area contributed by atoms with Crippen molar-refractivity contribution in [1.82, 2.24) is 9.78 Å². The van der Waals surface area contributed by atoms with Gasteiger partial charge in [-0.15, -0.1) is 0 Å². The second-order valence-corrected chi connectivity index (χ2v) is 6.65. The molecule has 1 aromatic rings. The number of ketones is 1. The highest BCUT2D eigenvalue weighted by molar-refractivity contribution is 9.10. The number of aromatic nitrogens is 2. The molecular weight excluding hydrogens is 318 g/mol. The maximum Gasteiger partial charge on any atom is 0.189 e. The fourth-order valence-electron chi connectivity index (χ4n) is 3.15. The van der Waals surface area contributed by atoms with Gasteiger partial charge in [-0.2, -0.15) is 5.10 Å². The quantitative estimate of drug-likeness (QED) is 0.658. The summed E-state index contributed by atoms with van der Waals surface area (Å²) in [6.07, 6.45) is 9.13. The maximum absolute atomic E-state index is 13.1. The lowest BCUT2D eigenvalue weighted by atomic mass is 9.75. The zero-order valence-corrected chi connectivity index (χ0v) is 13.8. The lowest BCUT2D eigenvalue weighted by Crippen LogP contribution is -2.39. The highest BCUT2D eigenvalue weighted by Crippen LogP contribution is 2.38. The lowest BCUT2D eigenvalue weighted by Gasteiger charge is -2.30. The fourth-order valence-corrected chi connectivity index (χ4v) is 3.63. The number of rotatable bonds is 5. The predicted octanol–water partition coefficient (Wildman–Crippen LogP) is 3.54. The number of aryl methyl sites for hydroxylation is 1. The third kappa shape index (κ3) is 2.98. The Morgan fingerprint density at radius 2 is 2.05 bits per heavy atom. The summed E-state index contributed by atoms with van der Waals surface area (Å²) in [5, 5.41) is 4.32. The van der Waals surface area contributed by atoms with E-state index in [9.17, 15) is 4.79 Å². The molecule has 1 saturated carbocycles. The van der Waals surface area contributed by atoms with E-state index in [2.05, 4.69) is 28.0 Å². The number of nitrogens with two attached hydrogens (primary N) is 1. The molecule has 0 aliphatic heterocycles. The summed E-state index contributed by atoms with van der Waals surface area (Å²) >= 11 is 3.48. The minimum absolute atomic E-state index is 0.180. The number of hydrogen-bond acceptors (Lipinski definition) is 3. The van der Waals surface area contributed by atoms with Gasteiger partial charge in [0, 0.05) is 18.5 Å². The standard InChI is InChI=1S/C15H24BrN3O/c1-2-9-19-13(12(16)10-18-19)14(20)15(11-17)7-5-3-4-6-8-15/h10H,2-9,11,17H2,1H3. The largest absolute Gasteiger partial charge is 0.329 e. The molecule has 0 atom stereocenters. The van der Waals surface area contributed by atoms with Crippen LogP contribution in [0.1, 0.15) is 62.4 Å². The lowest BCUT2D eigenvalue weighted by molar-refractivity contribution is 0.0761.